The third kappa shape index (κ3) is 3.82. The van der Waals surface area contributed by atoms with Crippen LogP contribution in [0.25, 0.3) is 0 Å². The third-order valence-corrected chi connectivity index (χ3v) is 4.12. The van der Waals surface area contributed by atoms with Crippen LogP contribution in [0.3, 0.4) is 0 Å². The molecule has 2 rings (SSSR count). The maximum Gasteiger partial charge on any atom is 0.255 e. The zero-order chi connectivity index (χ0) is 15.2. The summed E-state index contributed by atoms with van der Waals surface area (Å²) in [6, 6.07) is 9.36. The Morgan fingerprint density at radius 3 is 2.67 bits per heavy atom. The zero-order valence-corrected chi connectivity index (χ0v) is 13.3. The van der Waals surface area contributed by atoms with Crippen LogP contribution in [0.4, 0.5) is 0 Å². The van der Waals surface area contributed by atoms with E-state index in [1.807, 2.05) is 37.3 Å². The second kappa shape index (κ2) is 7.22. The molecule has 0 fully saturated rings. The molecule has 2 aromatic heterocycles. The molecule has 110 valence electrons. The standard InChI is InChI=1S/C16H19N3OS/c1-4-21-15-9-8-13(11-18-15)16(20)19(3)12(2)14-7-5-6-10-17-14/h5-12H,4H2,1-3H3. The molecule has 4 nitrogen and oxygen atoms in total. The summed E-state index contributed by atoms with van der Waals surface area (Å²) in [6.07, 6.45) is 3.38. The second-order valence-corrected chi connectivity index (χ2v) is 5.95. The van der Waals surface area contributed by atoms with Crippen LogP contribution < -0.4 is 0 Å². The molecule has 1 atom stereocenters. The van der Waals surface area contributed by atoms with Crippen molar-refractivity contribution in [3.63, 3.8) is 0 Å². The Morgan fingerprint density at radius 1 is 1.29 bits per heavy atom. The molecule has 1 amide bonds. The van der Waals surface area contributed by atoms with E-state index in [-0.39, 0.29) is 11.9 Å². The number of aromatic nitrogens is 2. The van der Waals surface area contributed by atoms with Crippen LogP contribution in [-0.4, -0.2) is 33.6 Å². The molecule has 0 aromatic carbocycles. The Balaban J connectivity index is 2.11. The van der Waals surface area contributed by atoms with E-state index in [9.17, 15) is 4.79 Å². The van der Waals surface area contributed by atoms with E-state index < -0.39 is 0 Å². The second-order valence-electron chi connectivity index (χ2n) is 4.66. The van der Waals surface area contributed by atoms with Crippen LogP contribution in [0.1, 0.15) is 35.9 Å². The highest BCUT2D eigenvalue weighted by molar-refractivity contribution is 7.99. The number of pyridine rings is 2. The van der Waals surface area contributed by atoms with Gasteiger partial charge in [-0.2, -0.15) is 0 Å². The van der Waals surface area contributed by atoms with E-state index in [2.05, 4.69) is 16.9 Å². The zero-order valence-electron chi connectivity index (χ0n) is 12.5. The lowest BCUT2D eigenvalue weighted by Gasteiger charge is -2.24. The van der Waals surface area contributed by atoms with Gasteiger partial charge in [-0.25, -0.2) is 4.98 Å². The van der Waals surface area contributed by atoms with Gasteiger partial charge in [-0.1, -0.05) is 13.0 Å². The largest absolute Gasteiger partial charge is 0.333 e. The van der Waals surface area contributed by atoms with Gasteiger partial charge in [0.2, 0.25) is 0 Å². The number of carbonyl (C=O) groups is 1. The quantitative estimate of drug-likeness (QED) is 0.794. The molecule has 1 unspecified atom stereocenters. The van der Waals surface area contributed by atoms with E-state index in [0.717, 1.165) is 16.5 Å². The number of nitrogens with zero attached hydrogens (tertiary/aromatic N) is 3. The molecule has 0 radical (unpaired) electrons. The molecule has 2 aromatic rings. The Kier molecular flexibility index (Phi) is 5.33. The fraction of sp³-hybridized carbons (Fsp3) is 0.312. The normalized spacial score (nSPS) is 12.0. The first-order chi connectivity index (χ1) is 10.1. The summed E-state index contributed by atoms with van der Waals surface area (Å²) in [5.41, 5.74) is 1.47. The van der Waals surface area contributed by atoms with Gasteiger partial charge in [0.05, 0.1) is 22.3 Å². The minimum Gasteiger partial charge on any atom is -0.333 e. The summed E-state index contributed by atoms with van der Waals surface area (Å²) in [7, 11) is 1.79. The molecule has 0 bridgehead atoms. The molecular weight excluding hydrogens is 282 g/mol. The fourth-order valence-corrected chi connectivity index (χ4v) is 2.53. The van der Waals surface area contributed by atoms with Crippen molar-refractivity contribution in [1.29, 1.82) is 0 Å². The number of hydrogen-bond acceptors (Lipinski definition) is 4. The highest BCUT2D eigenvalue weighted by Crippen LogP contribution is 2.20. The first-order valence-corrected chi connectivity index (χ1v) is 7.89. The molecule has 0 saturated heterocycles. The van der Waals surface area contributed by atoms with Crippen molar-refractivity contribution >= 4 is 17.7 Å². The minimum absolute atomic E-state index is 0.0475. The van der Waals surface area contributed by atoms with Gasteiger partial charge in [-0.3, -0.25) is 9.78 Å². The predicted octanol–water partition coefficient (Wildman–Crippen LogP) is 3.42. The van der Waals surface area contributed by atoms with Gasteiger partial charge in [0.1, 0.15) is 0 Å². The maximum atomic E-state index is 12.5. The van der Waals surface area contributed by atoms with Crippen molar-refractivity contribution in [3.8, 4) is 0 Å². The van der Waals surface area contributed by atoms with Crippen molar-refractivity contribution in [1.82, 2.24) is 14.9 Å². The van der Waals surface area contributed by atoms with Gasteiger partial charge in [0.15, 0.2) is 0 Å². The monoisotopic (exact) mass is 301 g/mol. The van der Waals surface area contributed by atoms with E-state index in [1.54, 1.807) is 36.1 Å². The van der Waals surface area contributed by atoms with Crippen LogP contribution in [0.5, 0.6) is 0 Å². The molecule has 0 aliphatic rings. The average molecular weight is 301 g/mol. The van der Waals surface area contributed by atoms with Gasteiger partial charge < -0.3 is 4.90 Å². The lowest BCUT2D eigenvalue weighted by molar-refractivity contribution is 0.0739. The SMILES string of the molecule is CCSc1ccc(C(=O)N(C)C(C)c2ccccn2)cn1. The van der Waals surface area contributed by atoms with Gasteiger partial charge in [-0.15, -0.1) is 11.8 Å². The summed E-state index contributed by atoms with van der Waals surface area (Å²) in [5.74, 6) is 0.922. The van der Waals surface area contributed by atoms with E-state index >= 15 is 0 Å². The summed E-state index contributed by atoms with van der Waals surface area (Å²) >= 11 is 1.66. The Bertz CT molecular complexity index is 586. The molecule has 0 aliphatic heterocycles. The number of thioether (sulfide) groups is 1. The van der Waals surface area contributed by atoms with Crippen molar-refractivity contribution in [3.05, 3.63) is 54.0 Å². The summed E-state index contributed by atoms with van der Waals surface area (Å²) in [4.78, 5) is 22.8. The van der Waals surface area contributed by atoms with Gasteiger partial charge in [0.25, 0.3) is 5.91 Å². The molecule has 2 heterocycles. The minimum atomic E-state index is -0.0802. The number of carbonyl (C=O) groups excluding carboxylic acids is 1. The molecule has 0 N–H and O–H groups in total. The van der Waals surface area contributed by atoms with E-state index in [1.165, 1.54) is 0 Å². The topological polar surface area (TPSA) is 46.1 Å². The Labute approximate surface area is 129 Å². The highest BCUT2D eigenvalue weighted by atomic mass is 32.2. The van der Waals surface area contributed by atoms with Gasteiger partial charge in [-0.05, 0) is 36.9 Å². The lowest BCUT2D eigenvalue weighted by atomic mass is 10.1. The number of amides is 1. The summed E-state index contributed by atoms with van der Waals surface area (Å²) in [6.45, 7) is 4.04. The van der Waals surface area contributed by atoms with Crippen LogP contribution in [0.2, 0.25) is 0 Å². The molecule has 0 spiro atoms. The summed E-state index contributed by atoms with van der Waals surface area (Å²) in [5, 5.41) is 0.939. The predicted molar refractivity (Wildman–Crippen MR) is 85.4 cm³/mol. The van der Waals surface area contributed by atoms with Gasteiger partial charge >= 0.3 is 0 Å². The van der Waals surface area contributed by atoms with Crippen molar-refractivity contribution in [2.75, 3.05) is 12.8 Å². The fourth-order valence-electron chi connectivity index (χ4n) is 1.94. The molecule has 21 heavy (non-hydrogen) atoms. The molecular formula is C16H19N3OS. The molecule has 0 aliphatic carbocycles. The third-order valence-electron chi connectivity index (χ3n) is 3.29. The maximum absolute atomic E-state index is 12.5. The van der Waals surface area contributed by atoms with Crippen molar-refractivity contribution in [2.24, 2.45) is 0 Å². The van der Waals surface area contributed by atoms with Crippen LogP contribution >= 0.6 is 11.8 Å². The highest BCUT2D eigenvalue weighted by Gasteiger charge is 2.19. The number of hydrogen-bond donors (Lipinski definition) is 0. The smallest absolute Gasteiger partial charge is 0.255 e. The first kappa shape index (κ1) is 15.5. The molecule has 5 heteroatoms. The van der Waals surface area contributed by atoms with Gasteiger partial charge in [0, 0.05) is 19.4 Å². The lowest BCUT2D eigenvalue weighted by Crippen LogP contribution is -2.30. The van der Waals surface area contributed by atoms with E-state index in [0.29, 0.717) is 5.56 Å². The number of rotatable bonds is 5. The van der Waals surface area contributed by atoms with Crippen LogP contribution in [0.15, 0.2) is 47.8 Å². The average Bonchev–Trinajstić information content (AvgIpc) is 2.54. The Morgan fingerprint density at radius 2 is 2.10 bits per heavy atom. The Hall–Kier alpha value is -1.88. The molecule has 0 saturated carbocycles. The van der Waals surface area contributed by atoms with Crippen LogP contribution in [-0.2, 0) is 0 Å². The van der Waals surface area contributed by atoms with Crippen LogP contribution in [0, 0.1) is 0 Å². The first-order valence-electron chi connectivity index (χ1n) is 6.90. The summed E-state index contributed by atoms with van der Waals surface area (Å²) < 4.78 is 0. The van der Waals surface area contributed by atoms with E-state index in [4.69, 9.17) is 0 Å². The van der Waals surface area contributed by atoms with Crippen molar-refractivity contribution in [2.45, 2.75) is 24.9 Å². The van der Waals surface area contributed by atoms with Crippen molar-refractivity contribution < 1.29 is 4.79 Å².